The molecule has 174 valence electrons. The van der Waals surface area contributed by atoms with Crippen LogP contribution in [0.25, 0.3) is 11.0 Å². The van der Waals surface area contributed by atoms with Crippen LogP contribution < -0.4 is 5.73 Å². The van der Waals surface area contributed by atoms with Gasteiger partial charge in [-0.3, -0.25) is 9.78 Å². The lowest BCUT2D eigenvalue weighted by atomic mass is 9.89. The van der Waals surface area contributed by atoms with E-state index in [0.29, 0.717) is 29.8 Å². The van der Waals surface area contributed by atoms with Gasteiger partial charge in [0.2, 0.25) is 5.91 Å². The molecule has 0 spiro atoms. The Bertz CT molecular complexity index is 1070. The molecule has 2 aromatic carbocycles. The van der Waals surface area contributed by atoms with Gasteiger partial charge < -0.3 is 15.6 Å². The number of aliphatic hydroxyl groups is 1. The number of nitrogens with two attached hydrogens (primary N) is 1. The van der Waals surface area contributed by atoms with Gasteiger partial charge >= 0.3 is 5.97 Å². The van der Waals surface area contributed by atoms with Crippen molar-refractivity contribution in [3.8, 4) is 0 Å². The summed E-state index contributed by atoms with van der Waals surface area (Å²) in [6, 6.07) is 16.7. The molecule has 0 unspecified atom stereocenters. The van der Waals surface area contributed by atoms with Gasteiger partial charge in [-0.1, -0.05) is 62.7 Å². The van der Waals surface area contributed by atoms with E-state index in [4.69, 9.17) is 10.5 Å². The largest absolute Gasteiger partial charge is 0.454 e. The van der Waals surface area contributed by atoms with Gasteiger partial charge in [0.15, 0.2) is 5.69 Å². The predicted octanol–water partition coefficient (Wildman–Crippen LogP) is 3.69. The van der Waals surface area contributed by atoms with Crippen molar-refractivity contribution in [1.29, 1.82) is 0 Å². The average Bonchev–Trinajstić information content (AvgIpc) is 2.81. The number of aliphatic hydroxyl groups excluding tert-OH is 1. The molecule has 3 atom stereocenters. The number of esters is 1. The topological polar surface area (TPSA) is 115 Å². The fourth-order valence-electron chi connectivity index (χ4n) is 3.71. The first kappa shape index (κ1) is 24.3. The monoisotopic (exact) mass is 449 g/mol. The summed E-state index contributed by atoms with van der Waals surface area (Å²) in [6.07, 6.45) is 1.25. The van der Waals surface area contributed by atoms with Crippen molar-refractivity contribution in [2.45, 2.75) is 51.7 Å². The summed E-state index contributed by atoms with van der Waals surface area (Å²) in [7, 11) is 0. The molecule has 0 saturated heterocycles. The summed E-state index contributed by atoms with van der Waals surface area (Å²) in [6.45, 7) is 4.14. The maximum atomic E-state index is 12.9. The second-order valence-electron chi connectivity index (χ2n) is 8.75. The van der Waals surface area contributed by atoms with E-state index in [0.717, 1.165) is 12.0 Å². The molecule has 7 heteroatoms. The van der Waals surface area contributed by atoms with Gasteiger partial charge in [0.1, 0.15) is 6.10 Å². The third-order valence-corrected chi connectivity index (χ3v) is 5.65. The molecule has 0 bridgehead atoms. The predicted molar refractivity (Wildman–Crippen MR) is 126 cm³/mol. The minimum atomic E-state index is -1.06. The average molecular weight is 450 g/mol. The molecule has 3 N–H and O–H groups in total. The number of carbonyl (C=O) groups is 2. The number of amides is 1. The Labute approximate surface area is 194 Å². The third-order valence-electron chi connectivity index (χ3n) is 5.65. The number of carbonyl (C=O) groups excluding carboxylic acids is 2. The Morgan fingerprint density at radius 3 is 2.33 bits per heavy atom. The van der Waals surface area contributed by atoms with E-state index in [1.165, 1.54) is 6.20 Å². The highest BCUT2D eigenvalue weighted by Gasteiger charge is 2.29. The number of rotatable bonds is 11. The first-order chi connectivity index (χ1) is 15.8. The van der Waals surface area contributed by atoms with Crippen LogP contribution in [0, 0.1) is 11.8 Å². The van der Waals surface area contributed by atoms with E-state index in [-0.39, 0.29) is 12.1 Å². The number of aromatic nitrogens is 2. The van der Waals surface area contributed by atoms with E-state index in [9.17, 15) is 14.7 Å². The van der Waals surface area contributed by atoms with Crippen LogP contribution in [0.5, 0.6) is 0 Å². The smallest absolute Gasteiger partial charge is 0.358 e. The van der Waals surface area contributed by atoms with Crippen LogP contribution in [0.2, 0.25) is 0 Å². The van der Waals surface area contributed by atoms with E-state index in [2.05, 4.69) is 23.8 Å². The minimum Gasteiger partial charge on any atom is -0.454 e. The van der Waals surface area contributed by atoms with Crippen molar-refractivity contribution in [2.24, 2.45) is 17.6 Å². The van der Waals surface area contributed by atoms with Gasteiger partial charge in [0.05, 0.1) is 23.3 Å². The fraction of sp³-hybridized carbons (Fsp3) is 0.385. The normalized spacial score (nSPS) is 14.1. The summed E-state index contributed by atoms with van der Waals surface area (Å²) in [4.78, 5) is 33.5. The standard InChI is InChI=1S/C26H31N3O4/c1-17(2)12-13-19(25(27)31)15-23(30)24(14-18-8-4-3-5-9-18)33-26(32)22-16-28-20-10-6-7-11-21(20)29-22/h3-11,16-17,19,23-24,30H,12-15H2,1-2H3,(H2,27,31)/t19-,23-,24-/m0/s1. The van der Waals surface area contributed by atoms with Crippen LogP contribution in [0.3, 0.4) is 0 Å². The molecule has 0 aliphatic rings. The quantitative estimate of drug-likeness (QED) is 0.432. The molecule has 0 fully saturated rings. The third kappa shape index (κ3) is 7.08. The first-order valence-electron chi connectivity index (χ1n) is 11.3. The number of hydrogen-bond acceptors (Lipinski definition) is 6. The summed E-state index contributed by atoms with van der Waals surface area (Å²) < 4.78 is 5.71. The van der Waals surface area contributed by atoms with E-state index < -0.39 is 30.0 Å². The molecule has 3 rings (SSSR count). The number of hydrogen-bond donors (Lipinski definition) is 2. The van der Waals surface area contributed by atoms with Crippen molar-refractivity contribution in [3.05, 3.63) is 72.1 Å². The highest BCUT2D eigenvalue weighted by Crippen LogP contribution is 2.22. The van der Waals surface area contributed by atoms with E-state index >= 15 is 0 Å². The molecular formula is C26H31N3O4. The zero-order valence-corrected chi connectivity index (χ0v) is 19.1. The van der Waals surface area contributed by atoms with Gasteiger partial charge in [-0.15, -0.1) is 0 Å². The lowest BCUT2D eigenvalue weighted by molar-refractivity contribution is -0.123. The molecule has 1 heterocycles. The minimum absolute atomic E-state index is 0.0604. The van der Waals surface area contributed by atoms with E-state index in [1.54, 1.807) is 12.1 Å². The molecule has 0 aliphatic heterocycles. The lowest BCUT2D eigenvalue weighted by Crippen LogP contribution is -2.37. The molecule has 1 amide bonds. The maximum Gasteiger partial charge on any atom is 0.358 e. The Morgan fingerprint density at radius 2 is 1.67 bits per heavy atom. The lowest BCUT2D eigenvalue weighted by Gasteiger charge is -2.26. The molecule has 33 heavy (non-hydrogen) atoms. The van der Waals surface area contributed by atoms with Crippen LogP contribution in [0.1, 0.15) is 49.2 Å². The van der Waals surface area contributed by atoms with Crippen molar-refractivity contribution >= 4 is 22.9 Å². The first-order valence-corrected chi connectivity index (χ1v) is 11.3. The highest BCUT2D eigenvalue weighted by atomic mass is 16.6. The fourth-order valence-corrected chi connectivity index (χ4v) is 3.71. The Balaban J connectivity index is 1.78. The zero-order valence-electron chi connectivity index (χ0n) is 19.1. The van der Waals surface area contributed by atoms with Crippen molar-refractivity contribution in [3.63, 3.8) is 0 Å². The van der Waals surface area contributed by atoms with Gasteiger partial charge in [-0.05, 0) is 36.5 Å². The molecule has 3 aromatic rings. The number of fused-ring (bicyclic) bond motifs is 1. The number of primary amides is 1. The van der Waals surface area contributed by atoms with Crippen LogP contribution in [-0.4, -0.2) is 39.2 Å². The molecule has 7 nitrogen and oxygen atoms in total. The van der Waals surface area contributed by atoms with Crippen molar-refractivity contribution in [2.75, 3.05) is 0 Å². The van der Waals surface area contributed by atoms with Crippen LogP contribution >= 0.6 is 0 Å². The van der Waals surface area contributed by atoms with Gasteiger partial charge in [-0.25, -0.2) is 9.78 Å². The summed E-state index contributed by atoms with van der Waals surface area (Å²) in [5, 5.41) is 11.0. The van der Waals surface area contributed by atoms with E-state index in [1.807, 2.05) is 42.5 Å². The van der Waals surface area contributed by atoms with Gasteiger partial charge in [-0.2, -0.15) is 0 Å². The Morgan fingerprint density at radius 1 is 1.00 bits per heavy atom. The molecule has 0 saturated carbocycles. The van der Waals surface area contributed by atoms with Crippen LogP contribution in [0.4, 0.5) is 0 Å². The van der Waals surface area contributed by atoms with Crippen molar-refractivity contribution in [1.82, 2.24) is 9.97 Å². The highest BCUT2D eigenvalue weighted by molar-refractivity contribution is 5.89. The Kier molecular flexibility index (Phi) is 8.49. The van der Waals surface area contributed by atoms with Crippen molar-refractivity contribution < 1.29 is 19.4 Å². The number of para-hydroxylation sites is 2. The van der Waals surface area contributed by atoms with Crippen LogP contribution in [-0.2, 0) is 16.0 Å². The molecule has 0 aliphatic carbocycles. The molecular weight excluding hydrogens is 418 g/mol. The molecule has 1 aromatic heterocycles. The summed E-state index contributed by atoms with van der Waals surface area (Å²) in [5.74, 6) is -1.22. The SMILES string of the molecule is CC(C)CC[C@@H](C[C@H](O)[C@H](Cc1ccccc1)OC(=O)c1cnc2ccccc2n1)C(N)=O. The van der Waals surface area contributed by atoms with Gasteiger partial charge in [0, 0.05) is 12.3 Å². The zero-order chi connectivity index (χ0) is 23.8. The Hall–Kier alpha value is -3.32. The van der Waals surface area contributed by atoms with Crippen LogP contribution in [0.15, 0.2) is 60.8 Å². The number of benzene rings is 2. The second kappa shape index (κ2) is 11.5. The number of nitrogens with zero attached hydrogens (tertiary/aromatic N) is 2. The summed E-state index contributed by atoms with van der Waals surface area (Å²) in [5.41, 5.74) is 7.80. The number of ether oxygens (including phenoxy) is 1. The van der Waals surface area contributed by atoms with Gasteiger partial charge in [0.25, 0.3) is 0 Å². The summed E-state index contributed by atoms with van der Waals surface area (Å²) >= 11 is 0. The second-order valence-corrected chi connectivity index (χ2v) is 8.75. The maximum absolute atomic E-state index is 12.9. The molecule has 0 radical (unpaired) electrons.